The van der Waals surface area contributed by atoms with E-state index in [9.17, 15) is 9.90 Å². The van der Waals surface area contributed by atoms with Gasteiger partial charge in [-0.05, 0) is 48.7 Å². The summed E-state index contributed by atoms with van der Waals surface area (Å²) in [4.78, 5) is 12.4. The highest BCUT2D eigenvalue weighted by molar-refractivity contribution is 8.00. The van der Waals surface area contributed by atoms with E-state index in [1.807, 2.05) is 35.9 Å². The highest BCUT2D eigenvalue weighted by Gasteiger charge is 2.30. The van der Waals surface area contributed by atoms with E-state index >= 15 is 0 Å². The molecule has 1 atom stereocenters. The lowest BCUT2D eigenvalue weighted by Gasteiger charge is -2.15. The normalized spacial score (nSPS) is 16.5. The summed E-state index contributed by atoms with van der Waals surface area (Å²) in [5.74, 6) is 1.23. The molecule has 2 aromatic carbocycles. The van der Waals surface area contributed by atoms with Gasteiger partial charge in [-0.2, -0.15) is 5.10 Å². The second kappa shape index (κ2) is 7.12. The van der Waals surface area contributed by atoms with Crippen LogP contribution in [0.4, 0.5) is 5.82 Å². The summed E-state index contributed by atoms with van der Waals surface area (Å²) in [6, 6.07) is 15.4. The average molecular weight is 379 g/mol. The van der Waals surface area contributed by atoms with Crippen molar-refractivity contribution in [1.29, 1.82) is 0 Å². The molecule has 0 saturated carbocycles. The molecule has 6 heteroatoms. The monoisotopic (exact) mass is 379 g/mol. The molecule has 0 saturated heterocycles. The van der Waals surface area contributed by atoms with Crippen molar-refractivity contribution < 1.29 is 9.90 Å². The Balaban J connectivity index is 1.86. The molecule has 2 heterocycles. The highest BCUT2D eigenvalue weighted by Crippen LogP contribution is 2.44. The number of thioether (sulfide) groups is 1. The fourth-order valence-electron chi connectivity index (χ4n) is 3.39. The van der Waals surface area contributed by atoms with Crippen molar-refractivity contribution in [2.24, 2.45) is 0 Å². The van der Waals surface area contributed by atoms with Crippen LogP contribution in [0.1, 0.15) is 34.6 Å². The molecule has 0 radical (unpaired) electrons. The van der Waals surface area contributed by atoms with Crippen LogP contribution < -0.4 is 5.32 Å². The first-order valence-electron chi connectivity index (χ1n) is 8.96. The number of nitrogens with zero attached hydrogens (tertiary/aromatic N) is 2. The number of nitrogens with one attached hydrogen (secondary N) is 1. The van der Waals surface area contributed by atoms with Gasteiger partial charge in [0.25, 0.3) is 0 Å². The van der Waals surface area contributed by atoms with Crippen molar-refractivity contribution in [2.75, 3.05) is 11.1 Å². The number of rotatable bonds is 3. The summed E-state index contributed by atoms with van der Waals surface area (Å²) in [6.07, 6.45) is 0.976. The lowest BCUT2D eigenvalue weighted by Crippen LogP contribution is -2.15. The lowest BCUT2D eigenvalue weighted by molar-refractivity contribution is -0.113. The minimum absolute atomic E-state index is 0.0461. The SMILES string of the molecule is CCc1ccc(-n2nc(C)c3c2NC(=O)CS[C@@H]3c2cccc(O)c2)cc1. The Morgan fingerprint density at radius 1 is 1.26 bits per heavy atom. The highest BCUT2D eigenvalue weighted by atomic mass is 32.2. The molecular weight excluding hydrogens is 358 g/mol. The van der Waals surface area contributed by atoms with Gasteiger partial charge in [-0.15, -0.1) is 11.8 Å². The summed E-state index contributed by atoms with van der Waals surface area (Å²) in [7, 11) is 0. The molecule has 0 bridgehead atoms. The van der Waals surface area contributed by atoms with Crippen LogP contribution in [0.5, 0.6) is 5.75 Å². The molecule has 0 spiro atoms. The number of carbonyl (C=O) groups excluding carboxylic acids is 1. The van der Waals surface area contributed by atoms with Crippen LogP contribution in [-0.2, 0) is 11.2 Å². The topological polar surface area (TPSA) is 67.2 Å². The average Bonchev–Trinajstić information content (AvgIpc) is 2.87. The van der Waals surface area contributed by atoms with Crippen molar-refractivity contribution in [3.05, 3.63) is 70.9 Å². The number of carbonyl (C=O) groups is 1. The van der Waals surface area contributed by atoms with Crippen LogP contribution in [0.15, 0.2) is 48.5 Å². The quantitative estimate of drug-likeness (QED) is 0.715. The third-order valence-electron chi connectivity index (χ3n) is 4.77. The van der Waals surface area contributed by atoms with E-state index in [2.05, 4.69) is 24.4 Å². The van der Waals surface area contributed by atoms with Gasteiger partial charge in [0.2, 0.25) is 5.91 Å². The maximum Gasteiger partial charge on any atom is 0.235 e. The molecule has 0 fully saturated rings. The van der Waals surface area contributed by atoms with Crippen LogP contribution in [-0.4, -0.2) is 26.5 Å². The van der Waals surface area contributed by atoms with Crippen molar-refractivity contribution in [3.8, 4) is 11.4 Å². The maximum atomic E-state index is 12.4. The molecule has 0 aliphatic carbocycles. The number of amides is 1. The number of anilines is 1. The first-order chi connectivity index (χ1) is 13.1. The molecule has 4 rings (SSSR count). The van der Waals surface area contributed by atoms with E-state index < -0.39 is 0 Å². The van der Waals surface area contributed by atoms with Crippen molar-refractivity contribution in [3.63, 3.8) is 0 Å². The first-order valence-corrected chi connectivity index (χ1v) is 10.0. The van der Waals surface area contributed by atoms with Crippen LogP contribution in [0, 0.1) is 6.92 Å². The Hall–Kier alpha value is -2.73. The third-order valence-corrected chi connectivity index (χ3v) is 6.04. The molecule has 5 nitrogen and oxygen atoms in total. The van der Waals surface area contributed by atoms with E-state index in [1.54, 1.807) is 23.9 Å². The fraction of sp³-hybridized carbons (Fsp3) is 0.238. The molecule has 1 aliphatic rings. The number of hydrogen-bond acceptors (Lipinski definition) is 4. The Labute approximate surface area is 162 Å². The minimum Gasteiger partial charge on any atom is -0.508 e. The summed E-state index contributed by atoms with van der Waals surface area (Å²) in [6.45, 7) is 4.08. The summed E-state index contributed by atoms with van der Waals surface area (Å²) in [5, 5.41) is 17.6. The van der Waals surface area contributed by atoms with Crippen LogP contribution in [0.25, 0.3) is 5.69 Å². The van der Waals surface area contributed by atoms with E-state index in [0.29, 0.717) is 11.6 Å². The van der Waals surface area contributed by atoms with Gasteiger partial charge in [-0.3, -0.25) is 4.79 Å². The number of phenols is 1. The van der Waals surface area contributed by atoms with Crippen molar-refractivity contribution >= 4 is 23.5 Å². The Morgan fingerprint density at radius 2 is 2.04 bits per heavy atom. The molecule has 2 N–H and O–H groups in total. The number of aromatic hydroxyl groups is 1. The van der Waals surface area contributed by atoms with Gasteiger partial charge in [0.1, 0.15) is 11.6 Å². The molecule has 27 heavy (non-hydrogen) atoms. The van der Waals surface area contributed by atoms with Gasteiger partial charge in [-0.1, -0.05) is 31.2 Å². The smallest absolute Gasteiger partial charge is 0.235 e. The molecule has 138 valence electrons. The predicted octanol–water partition coefficient (Wildman–Crippen LogP) is 4.22. The van der Waals surface area contributed by atoms with Crippen LogP contribution in [0.2, 0.25) is 0 Å². The number of benzene rings is 2. The van der Waals surface area contributed by atoms with Gasteiger partial charge >= 0.3 is 0 Å². The Morgan fingerprint density at radius 3 is 2.74 bits per heavy atom. The standard InChI is InChI=1S/C21H21N3O2S/c1-3-14-7-9-16(10-8-14)24-21-19(13(2)23-24)20(27-12-18(26)22-21)15-5-4-6-17(25)11-15/h4-11,20,25H,3,12H2,1-2H3,(H,22,26)/t20-/m1/s1. The zero-order chi connectivity index (χ0) is 19.0. The molecule has 0 unspecified atom stereocenters. The number of phenolic OH excluding ortho intramolecular Hbond substituents is 1. The van der Waals surface area contributed by atoms with Crippen LogP contribution >= 0.6 is 11.8 Å². The van der Waals surface area contributed by atoms with Crippen molar-refractivity contribution in [1.82, 2.24) is 9.78 Å². The predicted molar refractivity (Wildman–Crippen MR) is 109 cm³/mol. The zero-order valence-corrected chi connectivity index (χ0v) is 16.1. The zero-order valence-electron chi connectivity index (χ0n) is 15.3. The maximum absolute atomic E-state index is 12.4. The van der Waals surface area contributed by atoms with E-state index in [0.717, 1.165) is 28.9 Å². The van der Waals surface area contributed by atoms with E-state index in [1.165, 1.54) is 5.56 Å². The third kappa shape index (κ3) is 3.32. The Bertz CT molecular complexity index is 995. The molecular formula is C21H21N3O2S. The van der Waals surface area contributed by atoms with Gasteiger partial charge < -0.3 is 10.4 Å². The summed E-state index contributed by atoms with van der Waals surface area (Å²) in [5.41, 5.74) is 4.98. The summed E-state index contributed by atoms with van der Waals surface area (Å²) >= 11 is 1.55. The van der Waals surface area contributed by atoms with E-state index in [4.69, 9.17) is 5.10 Å². The largest absolute Gasteiger partial charge is 0.508 e. The molecule has 1 aliphatic heterocycles. The number of aromatic nitrogens is 2. The first kappa shape index (κ1) is 17.7. The number of aryl methyl sites for hydroxylation is 2. The minimum atomic E-state index is -0.0743. The fourth-order valence-corrected chi connectivity index (χ4v) is 4.57. The van der Waals surface area contributed by atoms with Crippen LogP contribution in [0.3, 0.4) is 0 Å². The van der Waals surface area contributed by atoms with Gasteiger partial charge in [-0.25, -0.2) is 4.68 Å². The molecule has 1 aromatic heterocycles. The number of fused-ring (bicyclic) bond motifs is 1. The lowest BCUT2D eigenvalue weighted by atomic mass is 10.0. The second-order valence-corrected chi connectivity index (χ2v) is 7.71. The van der Waals surface area contributed by atoms with Gasteiger partial charge in [0, 0.05) is 5.56 Å². The van der Waals surface area contributed by atoms with E-state index in [-0.39, 0.29) is 16.9 Å². The van der Waals surface area contributed by atoms with Gasteiger partial charge in [0.05, 0.1) is 22.4 Å². The summed E-state index contributed by atoms with van der Waals surface area (Å²) < 4.78 is 1.81. The second-order valence-electron chi connectivity index (χ2n) is 6.61. The molecule has 1 amide bonds. The number of hydrogen-bond donors (Lipinski definition) is 2. The van der Waals surface area contributed by atoms with Crippen molar-refractivity contribution in [2.45, 2.75) is 25.5 Å². The van der Waals surface area contributed by atoms with Gasteiger partial charge in [0.15, 0.2) is 0 Å². The Kier molecular flexibility index (Phi) is 4.66. The molecule has 3 aromatic rings.